The van der Waals surface area contributed by atoms with E-state index in [1.54, 1.807) is 0 Å². The summed E-state index contributed by atoms with van der Waals surface area (Å²) in [5.41, 5.74) is 5.76. The fraction of sp³-hybridized carbons (Fsp3) is 0.800. The molecule has 5 nitrogen and oxygen atoms in total. The predicted octanol–water partition coefficient (Wildman–Crippen LogP) is 0.305. The molecule has 15 heavy (non-hydrogen) atoms. The van der Waals surface area contributed by atoms with E-state index < -0.39 is 0 Å². The van der Waals surface area contributed by atoms with Crippen molar-refractivity contribution in [1.29, 1.82) is 0 Å². The summed E-state index contributed by atoms with van der Waals surface area (Å²) in [5, 5.41) is 4.42. The van der Waals surface area contributed by atoms with Crippen LogP contribution < -0.4 is 10.6 Å². The highest BCUT2D eigenvalue weighted by Gasteiger charge is 2.18. The molecule has 0 amide bonds. The van der Waals surface area contributed by atoms with Gasteiger partial charge in [-0.05, 0) is 19.8 Å². The molecule has 2 N–H and O–H groups in total. The van der Waals surface area contributed by atoms with Crippen LogP contribution in [-0.2, 0) is 13.5 Å². The Balaban J connectivity index is 2.12. The highest BCUT2D eigenvalue weighted by atomic mass is 15.4. The van der Waals surface area contributed by atoms with E-state index in [1.165, 1.54) is 12.8 Å². The Labute approximate surface area is 90.3 Å². The summed E-state index contributed by atoms with van der Waals surface area (Å²) in [7, 11) is 1.93. The van der Waals surface area contributed by atoms with Crippen LogP contribution in [0.3, 0.4) is 0 Å². The molecule has 0 aliphatic carbocycles. The van der Waals surface area contributed by atoms with Crippen molar-refractivity contribution in [1.82, 2.24) is 14.8 Å². The maximum atomic E-state index is 5.76. The minimum atomic E-state index is 0.138. The van der Waals surface area contributed by atoms with Crippen LogP contribution in [0, 0.1) is 0 Å². The lowest BCUT2D eigenvalue weighted by atomic mass is 10.2. The number of hydrogen-bond donors (Lipinski definition) is 1. The van der Waals surface area contributed by atoms with Crippen LogP contribution in [0.25, 0.3) is 0 Å². The average Bonchev–Trinajstić information content (AvgIpc) is 2.75. The van der Waals surface area contributed by atoms with Gasteiger partial charge in [0, 0.05) is 32.6 Å². The molecule has 2 rings (SSSR count). The third kappa shape index (κ3) is 2.28. The van der Waals surface area contributed by atoms with Gasteiger partial charge in [0.1, 0.15) is 5.82 Å². The second-order valence-corrected chi connectivity index (χ2v) is 4.33. The lowest BCUT2D eigenvalue weighted by Crippen LogP contribution is -2.20. The van der Waals surface area contributed by atoms with Crippen molar-refractivity contribution in [3.8, 4) is 0 Å². The molecule has 5 heteroatoms. The number of nitrogens with two attached hydrogens (primary N) is 1. The lowest BCUT2D eigenvalue weighted by molar-refractivity contribution is 0.638. The summed E-state index contributed by atoms with van der Waals surface area (Å²) in [6.07, 6.45) is 3.29. The van der Waals surface area contributed by atoms with Crippen LogP contribution in [-0.4, -0.2) is 33.9 Å². The number of aromatic nitrogens is 3. The molecule has 1 aromatic heterocycles. The van der Waals surface area contributed by atoms with E-state index in [-0.39, 0.29) is 6.04 Å². The van der Waals surface area contributed by atoms with Gasteiger partial charge in [-0.1, -0.05) is 0 Å². The van der Waals surface area contributed by atoms with Gasteiger partial charge in [0.15, 0.2) is 0 Å². The number of hydrogen-bond acceptors (Lipinski definition) is 4. The first-order valence-corrected chi connectivity index (χ1v) is 5.57. The summed E-state index contributed by atoms with van der Waals surface area (Å²) in [4.78, 5) is 6.77. The molecule has 0 bridgehead atoms. The van der Waals surface area contributed by atoms with E-state index in [1.807, 2.05) is 18.7 Å². The Bertz CT molecular complexity index is 325. The SMILES string of the molecule is CC(N)Cc1nc(N2CCCC2)nn1C. The Kier molecular flexibility index (Phi) is 2.90. The molecule has 1 saturated heterocycles. The molecular weight excluding hydrogens is 190 g/mol. The quantitative estimate of drug-likeness (QED) is 0.778. The first-order valence-electron chi connectivity index (χ1n) is 5.57. The van der Waals surface area contributed by atoms with Crippen molar-refractivity contribution < 1.29 is 0 Å². The van der Waals surface area contributed by atoms with Gasteiger partial charge in [0.05, 0.1) is 0 Å². The molecular formula is C10H19N5. The van der Waals surface area contributed by atoms with E-state index in [9.17, 15) is 0 Å². The van der Waals surface area contributed by atoms with Gasteiger partial charge in [0.2, 0.25) is 5.95 Å². The Morgan fingerprint density at radius 3 is 2.67 bits per heavy atom. The zero-order chi connectivity index (χ0) is 10.8. The molecule has 1 fully saturated rings. The summed E-state index contributed by atoms with van der Waals surface area (Å²) < 4.78 is 1.84. The van der Waals surface area contributed by atoms with Crippen molar-refractivity contribution >= 4 is 5.95 Å². The molecule has 0 aromatic carbocycles. The second kappa shape index (κ2) is 4.18. The highest BCUT2D eigenvalue weighted by Crippen LogP contribution is 2.16. The minimum Gasteiger partial charge on any atom is -0.340 e. The van der Waals surface area contributed by atoms with E-state index >= 15 is 0 Å². The number of rotatable bonds is 3. The van der Waals surface area contributed by atoms with E-state index in [0.717, 1.165) is 31.3 Å². The number of aryl methyl sites for hydroxylation is 1. The van der Waals surface area contributed by atoms with Gasteiger partial charge in [-0.25, -0.2) is 0 Å². The van der Waals surface area contributed by atoms with Crippen LogP contribution in [0.5, 0.6) is 0 Å². The molecule has 0 spiro atoms. The lowest BCUT2D eigenvalue weighted by Gasteiger charge is -2.10. The summed E-state index contributed by atoms with van der Waals surface area (Å²) >= 11 is 0. The first-order chi connectivity index (χ1) is 7.16. The molecule has 1 aliphatic heterocycles. The molecule has 1 aromatic rings. The molecule has 1 aliphatic rings. The molecule has 2 heterocycles. The minimum absolute atomic E-state index is 0.138. The molecule has 84 valence electrons. The maximum absolute atomic E-state index is 5.76. The first kappa shape index (κ1) is 10.4. The van der Waals surface area contributed by atoms with Gasteiger partial charge in [-0.2, -0.15) is 4.98 Å². The monoisotopic (exact) mass is 209 g/mol. The summed E-state index contributed by atoms with van der Waals surface area (Å²) in [6, 6.07) is 0.138. The summed E-state index contributed by atoms with van der Waals surface area (Å²) in [6.45, 7) is 4.16. The smallest absolute Gasteiger partial charge is 0.244 e. The Morgan fingerprint density at radius 1 is 1.40 bits per heavy atom. The topological polar surface area (TPSA) is 60.0 Å². The fourth-order valence-electron chi connectivity index (χ4n) is 1.92. The maximum Gasteiger partial charge on any atom is 0.244 e. The Hall–Kier alpha value is -1.10. The number of anilines is 1. The molecule has 1 atom stereocenters. The fourth-order valence-corrected chi connectivity index (χ4v) is 1.92. The van der Waals surface area contributed by atoms with E-state index in [4.69, 9.17) is 5.73 Å². The van der Waals surface area contributed by atoms with Crippen LogP contribution in [0.15, 0.2) is 0 Å². The third-order valence-corrected chi connectivity index (χ3v) is 2.74. The average molecular weight is 209 g/mol. The van der Waals surface area contributed by atoms with Crippen molar-refractivity contribution in [2.24, 2.45) is 12.8 Å². The number of nitrogens with zero attached hydrogens (tertiary/aromatic N) is 4. The van der Waals surface area contributed by atoms with Crippen molar-refractivity contribution in [3.05, 3.63) is 5.82 Å². The molecule has 0 radical (unpaired) electrons. The zero-order valence-electron chi connectivity index (χ0n) is 9.48. The predicted molar refractivity (Wildman–Crippen MR) is 59.8 cm³/mol. The van der Waals surface area contributed by atoms with Crippen molar-refractivity contribution in [3.63, 3.8) is 0 Å². The van der Waals surface area contributed by atoms with Gasteiger partial charge < -0.3 is 10.6 Å². The molecule has 0 saturated carbocycles. The van der Waals surface area contributed by atoms with Crippen molar-refractivity contribution in [2.45, 2.75) is 32.2 Å². The van der Waals surface area contributed by atoms with E-state index in [0.29, 0.717) is 0 Å². The van der Waals surface area contributed by atoms with Gasteiger partial charge >= 0.3 is 0 Å². The van der Waals surface area contributed by atoms with Crippen molar-refractivity contribution in [2.75, 3.05) is 18.0 Å². The third-order valence-electron chi connectivity index (χ3n) is 2.74. The summed E-state index contributed by atoms with van der Waals surface area (Å²) in [5.74, 6) is 1.84. The van der Waals surface area contributed by atoms with E-state index in [2.05, 4.69) is 15.0 Å². The normalized spacial score (nSPS) is 18.5. The molecule has 1 unspecified atom stereocenters. The van der Waals surface area contributed by atoms with Gasteiger partial charge in [-0.3, -0.25) is 4.68 Å². The standard InChI is InChI=1S/C10H19N5/c1-8(11)7-9-12-10(13-14(9)2)15-5-3-4-6-15/h8H,3-7,11H2,1-2H3. The van der Waals surface area contributed by atoms with Gasteiger partial charge in [0.25, 0.3) is 0 Å². The van der Waals surface area contributed by atoms with Crippen LogP contribution in [0.1, 0.15) is 25.6 Å². The van der Waals surface area contributed by atoms with Gasteiger partial charge in [-0.15, -0.1) is 5.10 Å². The van der Waals surface area contributed by atoms with Crippen LogP contribution in [0.2, 0.25) is 0 Å². The largest absolute Gasteiger partial charge is 0.340 e. The highest BCUT2D eigenvalue weighted by molar-refractivity contribution is 5.30. The Morgan fingerprint density at radius 2 is 2.07 bits per heavy atom. The van der Waals surface area contributed by atoms with Crippen LogP contribution in [0.4, 0.5) is 5.95 Å². The zero-order valence-corrected chi connectivity index (χ0v) is 9.48. The van der Waals surface area contributed by atoms with Crippen LogP contribution >= 0.6 is 0 Å². The second-order valence-electron chi connectivity index (χ2n) is 4.33.